The van der Waals surface area contributed by atoms with Crippen LogP contribution in [0.3, 0.4) is 0 Å². The van der Waals surface area contributed by atoms with E-state index in [1.807, 2.05) is 26.0 Å². The van der Waals surface area contributed by atoms with Gasteiger partial charge < -0.3 is 4.74 Å². The van der Waals surface area contributed by atoms with Gasteiger partial charge in [0.05, 0.1) is 11.5 Å². The number of methoxy groups -OCH3 is 1. The largest absolute Gasteiger partial charge is 0.383 e. The standard InChI is InChI=1S/C14H22ClNO3S/c1-5-13-7-6-12(9-15)8-14(13)20(17,18)16(3)11(2)10-19-4/h6-8,11H,5,9-10H2,1-4H3. The third-order valence-electron chi connectivity index (χ3n) is 3.35. The Kier molecular flexibility index (Phi) is 6.45. The van der Waals surface area contributed by atoms with Crippen molar-refractivity contribution in [3.05, 3.63) is 29.3 Å². The SMILES string of the molecule is CCc1ccc(CCl)cc1S(=O)(=O)N(C)C(C)COC. The summed E-state index contributed by atoms with van der Waals surface area (Å²) in [4.78, 5) is 0.337. The van der Waals surface area contributed by atoms with Crippen molar-refractivity contribution >= 4 is 21.6 Å². The van der Waals surface area contributed by atoms with Crippen LogP contribution in [0.1, 0.15) is 25.0 Å². The Morgan fingerprint density at radius 1 is 1.40 bits per heavy atom. The molecule has 0 heterocycles. The number of benzene rings is 1. The van der Waals surface area contributed by atoms with E-state index in [1.165, 1.54) is 4.31 Å². The van der Waals surface area contributed by atoms with Crippen molar-refractivity contribution in [2.75, 3.05) is 20.8 Å². The fourth-order valence-electron chi connectivity index (χ4n) is 1.95. The molecule has 0 fully saturated rings. The highest BCUT2D eigenvalue weighted by atomic mass is 35.5. The van der Waals surface area contributed by atoms with Crippen LogP contribution in [-0.2, 0) is 27.1 Å². The Bertz CT molecular complexity index is 545. The molecule has 1 aromatic rings. The second-order valence-electron chi connectivity index (χ2n) is 4.75. The van der Waals surface area contributed by atoms with E-state index in [2.05, 4.69) is 0 Å². The topological polar surface area (TPSA) is 46.6 Å². The summed E-state index contributed by atoms with van der Waals surface area (Å²) in [5.74, 6) is 0.295. The summed E-state index contributed by atoms with van der Waals surface area (Å²) in [6.07, 6.45) is 0.656. The Hall–Kier alpha value is -0.620. The van der Waals surface area contributed by atoms with Gasteiger partial charge in [0.2, 0.25) is 10.0 Å². The van der Waals surface area contributed by atoms with E-state index >= 15 is 0 Å². The van der Waals surface area contributed by atoms with Crippen molar-refractivity contribution in [1.82, 2.24) is 4.31 Å². The number of halogens is 1. The van der Waals surface area contributed by atoms with Crippen molar-refractivity contribution in [3.8, 4) is 0 Å². The van der Waals surface area contributed by atoms with Crippen LogP contribution in [-0.4, -0.2) is 39.5 Å². The van der Waals surface area contributed by atoms with E-state index in [-0.39, 0.29) is 6.04 Å². The van der Waals surface area contributed by atoms with Gasteiger partial charge >= 0.3 is 0 Å². The number of sulfonamides is 1. The fraction of sp³-hybridized carbons (Fsp3) is 0.571. The molecule has 20 heavy (non-hydrogen) atoms. The molecule has 0 saturated carbocycles. The van der Waals surface area contributed by atoms with Gasteiger partial charge in [-0.05, 0) is 30.5 Å². The summed E-state index contributed by atoms with van der Waals surface area (Å²) in [5, 5.41) is 0. The van der Waals surface area contributed by atoms with Crippen LogP contribution < -0.4 is 0 Å². The predicted molar refractivity (Wildman–Crippen MR) is 81.7 cm³/mol. The van der Waals surface area contributed by atoms with Crippen LogP contribution in [0.25, 0.3) is 0 Å². The summed E-state index contributed by atoms with van der Waals surface area (Å²) in [6.45, 7) is 4.11. The molecule has 114 valence electrons. The zero-order valence-corrected chi connectivity index (χ0v) is 14.0. The maximum absolute atomic E-state index is 12.7. The Labute approximate surface area is 126 Å². The van der Waals surface area contributed by atoms with Crippen molar-refractivity contribution in [2.24, 2.45) is 0 Å². The van der Waals surface area contributed by atoms with Gasteiger partial charge in [0, 0.05) is 26.1 Å². The van der Waals surface area contributed by atoms with E-state index < -0.39 is 10.0 Å². The predicted octanol–water partition coefficient (Wildman–Crippen LogP) is 2.64. The quantitative estimate of drug-likeness (QED) is 0.726. The van der Waals surface area contributed by atoms with Crippen molar-refractivity contribution in [3.63, 3.8) is 0 Å². The smallest absolute Gasteiger partial charge is 0.243 e. The van der Waals surface area contributed by atoms with Gasteiger partial charge in [0.25, 0.3) is 0 Å². The summed E-state index contributed by atoms with van der Waals surface area (Å²) >= 11 is 5.81. The van der Waals surface area contributed by atoms with Gasteiger partial charge in [-0.25, -0.2) is 8.42 Å². The molecule has 0 bridgehead atoms. The number of hydrogen-bond donors (Lipinski definition) is 0. The van der Waals surface area contributed by atoms with E-state index in [4.69, 9.17) is 16.3 Å². The molecule has 1 aromatic carbocycles. The van der Waals surface area contributed by atoms with Gasteiger partial charge in [-0.3, -0.25) is 0 Å². The molecule has 6 heteroatoms. The first-order valence-electron chi connectivity index (χ1n) is 6.53. The second kappa shape index (κ2) is 7.41. The van der Waals surface area contributed by atoms with E-state index in [9.17, 15) is 8.42 Å². The van der Waals surface area contributed by atoms with Crippen LogP contribution in [0, 0.1) is 0 Å². The molecule has 0 aliphatic heterocycles. The lowest BCUT2D eigenvalue weighted by Gasteiger charge is -2.25. The number of nitrogens with zero attached hydrogens (tertiary/aromatic N) is 1. The second-order valence-corrected chi connectivity index (χ2v) is 6.99. The fourth-order valence-corrected chi connectivity index (χ4v) is 3.81. The third-order valence-corrected chi connectivity index (χ3v) is 5.72. The van der Waals surface area contributed by atoms with E-state index in [1.54, 1.807) is 20.2 Å². The minimum atomic E-state index is -3.54. The molecule has 0 saturated heterocycles. The molecule has 0 aromatic heterocycles. The summed E-state index contributed by atoms with van der Waals surface area (Å²) in [5.41, 5.74) is 1.60. The number of ether oxygens (including phenoxy) is 1. The van der Waals surface area contributed by atoms with Gasteiger partial charge in [-0.1, -0.05) is 19.1 Å². The summed E-state index contributed by atoms with van der Waals surface area (Å²) in [6, 6.07) is 5.13. The Balaban J connectivity index is 3.26. The highest BCUT2D eigenvalue weighted by Crippen LogP contribution is 2.23. The number of alkyl halides is 1. The summed E-state index contributed by atoms with van der Waals surface area (Å²) in [7, 11) is -0.408. The molecular formula is C14H22ClNO3S. The highest BCUT2D eigenvalue weighted by molar-refractivity contribution is 7.89. The van der Waals surface area contributed by atoms with Crippen LogP contribution >= 0.6 is 11.6 Å². The lowest BCUT2D eigenvalue weighted by atomic mass is 10.1. The highest BCUT2D eigenvalue weighted by Gasteiger charge is 2.27. The molecule has 4 nitrogen and oxygen atoms in total. The molecule has 0 radical (unpaired) electrons. The molecule has 1 unspecified atom stereocenters. The van der Waals surface area contributed by atoms with Crippen LogP contribution in [0.5, 0.6) is 0 Å². The lowest BCUT2D eigenvalue weighted by molar-refractivity contribution is 0.149. The molecule has 0 aliphatic rings. The van der Waals surface area contributed by atoms with Gasteiger partial charge in [-0.15, -0.1) is 11.6 Å². The van der Waals surface area contributed by atoms with Gasteiger partial charge in [0.15, 0.2) is 0 Å². The molecule has 0 aliphatic carbocycles. The molecular weight excluding hydrogens is 298 g/mol. The van der Waals surface area contributed by atoms with Crippen LogP contribution in [0.4, 0.5) is 0 Å². The monoisotopic (exact) mass is 319 g/mol. The maximum atomic E-state index is 12.7. The Morgan fingerprint density at radius 2 is 2.05 bits per heavy atom. The maximum Gasteiger partial charge on any atom is 0.243 e. The molecule has 0 spiro atoms. The zero-order chi connectivity index (χ0) is 15.3. The van der Waals surface area contributed by atoms with E-state index in [0.29, 0.717) is 23.8 Å². The zero-order valence-electron chi connectivity index (χ0n) is 12.4. The Morgan fingerprint density at radius 3 is 2.55 bits per heavy atom. The third kappa shape index (κ3) is 3.73. The van der Waals surface area contributed by atoms with Gasteiger partial charge in [-0.2, -0.15) is 4.31 Å². The minimum Gasteiger partial charge on any atom is -0.383 e. The first kappa shape index (κ1) is 17.4. The number of rotatable bonds is 7. The lowest BCUT2D eigenvalue weighted by Crippen LogP contribution is -2.38. The first-order valence-corrected chi connectivity index (χ1v) is 8.50. The minimum absolute atomic E-state index is 0.227. The van der Waals surface area contributed by atoms with Crippen molar-refractivity contribution < 1.29 is 13.2 Å². The average molecular weight is 320 g/mol. The average Bonchev–Trinajstić information content (AvgIpc) is 2.45. The van der Waals surface area contributed by atoms with Crippen LogP contribution in [0.2, 0.25) is 0 Å². The molecule has 1 rings (SSSR count). The van der Waals surface area contributed by atoms with Gasteiger partial charge in [0.1, 0.15) is 0 Å². The number of likely N-dealkylation sites (N-methyl/N-ethyl adjacent to an activating group) is 1. The molecule has 1 atom stereocenters. The first-order chi connectivity index (χ1) is 9.38. The number of hydrogen-bond acceptors (Lipinski definition) is 3. The van der Waals surface area contributed by atoms with Crippen LogP contribution in [0.15, 0.2) is 23.1 Å². The van der Waals surface area contributed by atoms with Crippen molar-refractivity contribution in [1.29, 1.82) is 0 Å². The molecule has 0 N–H and O–H groups in total. The molecule has 0 amide bonds. The number of aryl methyl sites for hydroxylation is 1. The summed E-state index contributed by atoms with van der Waals surface area (Å²) < 4.78 is 31.8. The van der Waals surface area contributed by atoms with Crippen molar-refractivity contribution in [2.45, 2.75) is 37.1 Å². The van der Waals surface area contributed by atoms with E-state index in [0.717, 1.165) is 11.1 Å². The normalized spacial score (nSPS) is 13.7.